The van der Waals surface area contributed by atoms with Crippen LogP contribution in [-0.2, 0) is 14.8 Å². The van der Waals surface area contributed by atoms with Gasteiger partial charge in [0.05, 0.1) is 12.9 Å². The Labute approximate surface area is 141 Å². The van der Waals surface area contributed by atoms with Crippen LogP contribution < -0.4 is 0 Å². The molecule has 2 atom stereocenters. The first-order valence-corrected chi connectivity index (χ1v) is 9.71. The highest BCUT2D eigenvalue weighted by Gasteiger charge is 2.52. The molecule has 3 rings (SSSR count). The Morgan fingerprint density at radius 2 is 2.08 bits per heavy atom. The maximum absolute atomic E-state index is 12.6. The smallest absolute Gasteiger partial charge is 0.291 e. The normalized spacial score (nSPS) is 27.9. The molecule has 2 fully saturated rings. The lowest BCUT2D eigenvalue weighted by atomic mass is 9.73. The number of likely N-dealkylation sites (tertiary alicyclic amines) is 1. The topological polar surface area (TPSA) is 92.7 Å². The lowest BCUT2D eigenvalue weighted by Gasteiger charge is -2.42. The molecule has 1 aromatic heterocycles. The van der Waals surface area contributed by atoms with Crippen LogP contribution in [0, 0.1) is 11.3 Å². The monoisotopic (exact) mass is 354 g/mol. The van der Waals surface area contributed by atoms with Gasteiger partial charge in [-0.05, 0) is 18.4 Å². The summed E-state index contributed by atoms with van der Waals surface area (Å²) >= 11 is 0. The molecule has 0 radical (unpaired) electrons. The number of amides is 1. The van der Waals surface area contributed by atoms with Crippen molar-refractivity contribution in [2.24, 2.45) is 11.3 Å². The minimum absolute atomic E-state index is 0.0496. The molecule has 2 saturated heterocycles. The molecule has 0 N–H and O–H groups in total. The van der Waals surface area contributed by atoms with Gasteiger partial charge in [-0.3, -0.25) is 4.79 Å². The summed E-state index contributed by atoms with van der Waals surface area (Å²) in [5.74, 6) is 0.0164. The van der Waals surface area contributed by atoms with E-state index in [1.54, 1.807) is 30.5 Å². The fourth-order valence-corrected chi connectivity index (χ4v) is 4.69. The quantitative estimate of drug-likeness (QED) is 0.746. The highest BCUT2D eigenvalue weighted by Crippen LogP contribution is 2.44. The Bertz CT molecular complexity index is 711. The molecular formula is C15H22N4O4S. The van der Waals surface area contributed by atoms with Gasteiger partial charge in [0.15, 0.2) is 0 Å². The number of nitrogens with zero attached hydrogens (tertiary/aromatic N) is 4. The molecular weight excluding hydrogens is 332 g/mol. The van der Waals surface area contributed by atoms with E-state index in [1.165, 1.54) is 10.6 Å². The largest absolute Gasteiger partial charge is 0.384 e. The van der Waals surface area contributed by atoms with Crippen molar-refractivity contribution in [2.75, 3.05) is 46.2 Å². The molecule has 2 unspecified atom stereocenters. The van der Waals surface area contributed by atoms with Crippen molar-refractivity contribution in [1.82, 2.24) is 19.2 Å². The Morgan fingerprint density at radius 1 is 1.38 bits per heavy atom. The van der Waals surface area contributed by atoms with Crippen molar-refractivity contribution in [3.05, 3.63) is 24.3 Å². The highest BCUT2D eigenvalue weighted by molar-refractivity contribution is 7.88. The summed E-state index contributed by atoms with van der Waals surface area (Å²) in [4.78, 5) is 22.3. The maximum atomic E-state index is 12.6. The third-order valence-electron chi connectivity index (χ3n) is 5.05. The van der Waals surface area contributed by atoms with Crippen molar-refractivity contribution in [2.45, 2.75) is 6.42 Å². The van der Waals surface area contributed by atoms with Gasteiger partial charge in [0, 0.05) is 51.1 Å². The van der Waals surface area contributed by atoms with E-state index in [2.05, 4.69) is 9.97 Å². The molecule has 2 aliphatic rings. The first-order valence-electron chi connectivity index (χ1n) is 7.86. The number of piperidine rings is 1. The molecule has 8 nitrogen and oxygen atoms in total. The van der Waals surface area contributed by atoms with E-state index in [1.807, 2.05) is 0 Å². The summed E-state index contributed by atoms with van der Waals surface area (Å²) in [6.45, 7) is 2.41. The third-order valence-corrected chi connectivity index (χ3v) is 6.26. The zero-order valence-corrected chi connectivity index (χ0v) is 14.7. The Balaban J connectivity index is 1.80. The molecule has 0 saturated carbocycles. The number of sulfonamides is 1. The van der Waals surface area contributed by atoms with Crippen LogP contribution in [0.4, 0.5) is 0 Å². The first kappa shape index (κ1) is 17.2. The van der Waals surface area contributed by atoms with E-state index in [4.69, 9.17) is 4.74 Å². The van der Waals surface area contributed by atoms with Crippen molar-refractivity contribution < 1.29 is 17.9 Å². The fraction of sp³-hybridized carbons (Fsp3) is 0.667. The number of rotatable bonds is 4. The van der Waals surface area contributed by atoms with Crippen LogP contribution in [0.2, 0.25) is 0 Å². The number of methoxy groups -OCH3 is 1. The number of fused-ring (bicyclic) bond motifs is 1. The van der Waals surface area contributed by atoms with Crippen LogP contribution >= 0.6 is 0 Å². The molecule has 24 heavy (non-hydrogen) atoms. The average Bonchev–Trinajstić information content (AvgIpc) is 2.94. The lowest BCUT2D eigenvalue weighted by molar-refractivity contribution is 0.00301. The molecule has 0 spiro atoms. The lowest BCUT2D eigenvalue weighted by Crippen LogP contribution is -2.51. The second kappa shape index (κ2) is 6.38. The summed E-state index contributed by atoms with van der Waals surface area (Å²) in [6, 6.07) is 1.66. The SMILES string of the molecule is COCC12CCN(C(=O)c3ncccn3)CC1CN(S(C)(=O)=O)C2. The first-order chi connectivity index (χ1) is 11.4. The van der Waals surface area contributed by atoms with E-state index >= 15 is 0 Å². The van der Waals surface area contributed by atoms with Gasteiger partial charge in [-0.15, -0.1) is 0 Å². The third kappa shape index (κ3) is 3.15. The molecule has 1 amide bonds. The maximum Gasteiger partial charge on any atom is 0.291 e. The molecule has 3 heterocycles. The van der Waals surface area contributed by atoms with Crippen molar-refractivity contribution in [3.8, 4) is 0 Å². The van der Waals surface area contributed by atoms with Gasteiger partial charge in [-0.25, -0.2) is 22.7 Å². The number of ether oxygens (including phenoxy) is 1. The second-order valence-electron chi connectivity index (χ2n) is 6.62. The predicted molar refractivity (Wildman–Crippen MR) is 86.8 cm³/mol. The van der Waals surface area contributed by atoms with Crippen LogP contribution in [0.5, 0.6) is 0 Å². The summed E-state index contributed by atoms with van der Waals surface area (Å²) in [6.07, 6.45) is 5.02. The van der Waals surface area contributed by atoms with E-state index < -0.39 is 10.0 Å². The molecule has 2 aliphatic heterocycles. The Morgan fingerprint density at radius 3 is 2.71 bits per heavy atom. The van der Waals surface area contributed by atoms with Crippen molar-refractivity contribution in [3.63, 3.8) is 0 Å². The number of carbonyl (C=O) groups excluding carboxylic acids is 1. The van der Waals surface area contributed by atoms with Crippen LogP contribution in [0.3, 0.4) is 0 Å². The highest BCUT2D eigenvalue weighted by atomic mass is 32.2. The molecule has 9 heteroatoms. The van der Waals surface area contributed by atoms with Crippen molar-refractivity contribution >= 4 is 15.9 Å². The zero-order valence-electron chi connectivity index (χ0n) is 13.9. The van der Waals surface area contributed by atoms with Gasteiger partial charge >= 0.3 is 0 Å². The van der Waals surface area contributed by atoms with Crippen LogP contribution in [0.25, 0.3) is 0 Å². The molecule has 0 bridgehead atoms. The fourth-order valence-electron chi connectivity index (χ4n) is 3.75. The van der Waals surface area contributed by atoms with Gasteiger partial charge in [0.2, 0.25) is 15.8 Å². The van der Waals surface area contributed by atoms with E-state index in [0.29, 0.717) is 39.2 Å². The Kier molecular flexibility index (Phi) is 4.58. The summed E-state index contributed by atoms with van der Waals surface area (Å²) in [5.41, 5.74) is -0.230. The number of hydrogen-bond donors (Lipinski definition) is 0. The standard InChI is InChI=1S/C15H22N4O4S/c1-23-11-15-4-7-18(14(20)13-16-5-3-6-17-13)8-12(15)9-19(10-15)24(2,21)22/h3,5-6,12H,4,7-11H2,1-2H3. The Hall–Kier alpha value is -1.58. The average molecular weight is 354 g/mol. The van der Waals surface area contributed by atoms with Gasteiger partial charge in [-0.1, -0.05) is 0 Å². The summed E-state index contributed by atoms with van der Waals surface area (Å²) in [5, 5.41) is 0. The van der Waals surface area contributed by atoms with Crippen LogP contribution in [-0.4, -0.2) is 79.6 Å². The minimum atomic E-state index is -3.26. The predicted octanol–water partition coefficient (Wildman–Crippen LogP) is -0.153. The molecule has 0 aromatic carbocycles. The number of hydrogen-bond acceptors (Lipinski definition) is 6. The van der Waals surface area contributed by atoms with Crippen LogP contribution in [0.15, 0.2) is 18.5 Å². The second-order valence-corrected chi connectivity index (χ2v) is 8.60. The van der Waals surface area contributed by atoms with Gasteiger partial charge < -0.3 is 9.64 Å². The van der Waals surface area contributed by atoms with Gasteiger partial charge in [0.1, 0.15) is 0 Å². The molecule has 1 aromatic rings. The minimum Gasteiger partial charge on any atom is -0.384 e. The van der Waals surface area contributed by atoms with Gasteiger partial charge in [0.25, 0.3) is 5.91 Å². The number of carbonyl (C=O) groups is 1. The summed E-state index contributed by atoms with van der Waals surface area (Å²) < 4.78 is 30.8. The van der Waals surface area contributed by atoms with Crippen LogP contribution in [0.1, 0.15) is 17.0 Å². The molecule has 132 valence electrons. The van der Waals surface area contributed by atoms with Crippen molar-refractivity contribution in [1.29, 1.82) is 0 Å². The zero-order chi connectivity index (χ0) is 17.4. The number of aromatic nitrogens is 2. The van der Waals surface area contributed by atoms with E-state index in [9.17, 15) is 13.2 Å². The van der Waals surface area contributed by atoms with Gasteiger partial charge in [-0.2, -0.15) is 0 Å². The van der Waals surface area contributed by atoms with E-state index in [0.717, 1.165) is 0 Å². The summed E-state index contributed by atoms with van der Waals surface area (Å²) in [7, 11) is -1.63. The molecule has 0 aliphatic carbocycles. The van der Waals surface area contributed by atoms with E-state index in [-0.39, 0.29) is 23.1 Å².